The highest BCUT2D eigenvalue weighted by Gasteiger charge is 2.33. The van der Waals surface area contributed by atoms with Crippen LogP contribution < -0.4 is 4.72 Å². The molecule has 108 valence electrons. The van der Waals surface area contributed by atoms with Crippen LogP contribution in [-0.4, -0.2) is 19.2 Å². The van der Waals surface area contributed by atoms with Crippen molar-refractivity contribution in [3.8, 4) is 0 Å². The highest BCUT2D eigenvalue weighted by molar-refractivity contribution is 7.84. The second kappa shape index (κ2) is 5.54. The molecule has 4 nitrogen and oxygen atoms in total. The van der Waals surface area contributed by atoms with Gasteiger partial charge in [0.05, 0.1) is 27.5 Å². The fraction of sp³-hybridized carbons (Fsp3) is 0.636. The number of hydrogen-bond acceptors (Lipinski definition) is 3. The molecule has 0 bridgehead atoms. The van der Waals surface area contributed by atoms with Crippen molar-refractivity contribution < 1.29 is 17.4 Å². The van der Waals surface area contributed by atoms with Crippen LogP contribution >= 0.6 is 0 Å². The first kappa shape index (κ1) is 16.0. The van der Waals surface area contributed by atoms with Gasteiger partial charge in [0.1, 0.15) is 0 Å². The van der Waals surface area contributed by atoms with Crippen LogP contribution in [0.15, 0.2) is 12.1 Å². The molecule has 1 N–H and O–H groups in total. The number of aromatic nitrogens is 2. The normalized spacial score (nSPS) is 16.2. The van der Waals surface area contributed by atoms with Crippen molar-refractivity contribution in [2.75, 3.05) is 0 Å². The second-order valence-electron chi connectivity index (χ2n) is 5.06. The summed E-state index contributed by atoms with van der Waals surface area (Å²) >= 11 is 0. The van der Waals surface area contributed by atoms with Crippen molar-refractivity contribution in [3.05, 3.63) is 23.5 Å². The Labute approximate surface area is 112 Å². The summed E-state index contributed by atoms with van der Waals surface area (Å²) in [5.41, 5.74) is -0.731. The summed E-state index contributed by atoms with van der Waals surface area (Å²) in [4.78, 5) is 0. The van der Waals surface area contributed by atoms with Crippen LogP contribution in [0.5, 0.6) is 0 Å². The molecule has 0 radical (unpaired) electrons. The Morgan fingerprint density at radius 2 is 1.79 bits per heavy atom. The number of hydrogen-bond donors (Lipinski definition) is 1. The van der Waals surface area contributed by atoms with E-state index in [2.05, 4.69) is 14.9 Å². The SMILES string of the molecule is C[C@@H](N[S@](=O)C(C)(C)C)c1ccc(C(F)(F)F)nn1. The van der Waals surface area contributed by atoms with Gasteiger partial charge in [0.2, 0.25) is 0 Å². The van der Waals surface area contributed by atoms with E-state index < -0.39 is 33.6 Å². The lowest BCUT2D eigenvalue weighted by atomic mass is 10.2. The fourth-order valence-corrected chi connectivity index (χ4v) is 1.92. The summed E-state index contributed by atoms with van der Waals surface area (Å²) in [6, 6.07) is 1.64. The topological polar surface area (TPSA) is 54.9 Å². The molecule has 0 aromatic carbocycles. The van der Waals surface area contributed by atoms with Crippen molar-refractivity contribution in [3.63, 3.8) is 0 Å². The number of halogens is 3. The molecule has 0 amide bonds. The Balaban J connectivity index is 2.79. The van der Waals surface area contributed by atoms with Gasteiger partial charge in [-0.2, -0.15) is 18.3 Å². The van der Waals surface area contributed by atoms with Crippen LogP contribution in [0.1, 0.15) is 45.1 Å². The van der Waals surface area contributed by atoms with Crippen LogP contribution in [0.3, 0.4) is 0 Å². The minimum atomic E-state index is -4.50. The Hall–Kier alpha value is -1.02. The third kappa shape index (κ3) is 4.54. The smallest absolute Gasteiger partial charge is 0.242 e. The summed E-state index contributed by atoms with van der Waals surface area (Å²) in [5.74, 6) is 0. The number of nitrogens with one attached hydrogen (secondary N) is 1. The molecule has 1 aromatic heterocycles. The Bertz CT molecular complexity index is 454. The van der Waals surface area contributed by atoms with Gasteiger partial charge in [-0.05, 0) is 39.8 Å². The number of rotatable bonds is 3. The highest BCUT2D eigenvalue weighted by Crippen LogP contribution is 2.27. The molecule has 1 rings (SSSR count). The molecule has 1 aromatic rings. The van der Waals surface area contributed by atoms with E-state index >= 15 is 0 Å². The molecule has 1 heterocycles. The van der Waals surface area contributed by atoms with Crippen LogP contribution in [0.25, 0.3) is 0 Å². The molecule has 0 saturated carbocycles. The largest absolute Gasteiger partial charge is 0.435 e. The van der Waals surface area contributed by atoms with Gasteiger partial charge in [0, 0.05) is 0 Å². The van der Waals surface area contributed by atoms with Gasteiger partial charge in [-0.1, -0.05) is 0 Å². The summed E-state index contributed by atoms with van der Waals surface area (Å²) in [5, 5.41) is 6.64. The average molecular weight is 295 g/mol. The Kier molecular flexibility index (Phi) is 4.67. The zero-order chi connectivity index (χ0) is 14.8. The first-order valence-electron chi connectivity index (χ1n) is 5.60. The van der Waals surface area contributed by atoms with E-state index in [9.17, 15) is 17.4 Å². The predicted molar refractivity (Wildman–Crippen MR) is 66.5 cm³/mol. The van der Waals surface area contributed by atoms with Crippen LogP contribution in [0.4, 0.5) is 13.2 Å². The highest BCUT2D eigenvalue weighted by atomic mass is 32.2. The van der Waals surface area contributed by atoms with Gasteiger partial charge in [-0.3, -0.25) is 0 Å². The van der Waals surface area contributed by atoms with E-state index in [4.69, 9.17) is 0 Å². The molecular formula is C11H16F3N3OS. The van der Waals surface area contributed by atoms with Crippen LogP contribution in [0.2, 0.25) is 0 Å². The average Bonchev–Trinajstić information content (AvgIpc) is 2.26. The molecule has 0 aliphatic carbocycles. The van der Waals surface area contributed by atoms with Gasteiger partial charge in [-0.15, -0.1) is 5.10 Å². The zero-order valence-electron chi connectivity index (χ0n) is 11.1. The monoisotopic (exact) mass is 295 g/mol. The Morgan fingerprint density at radius 3 is 2.16 bits per heavy atom. The van der Waals surface area contributed by atoms with Crippen LogP contribution in [0, 0.1) is 0 Å². The van der Waals surface area contributed by atoms with Gasteiger partial charge in [0.15, 0.2) is 5.69 Å². The van der Waals surface area contributed by atoms with Gasteiger partial charge < -0.3 is 0 Å². The molecule has 8 heteroatoms. The lowest BCUT2D eigenvalue weighted by Crippen LogP contribution is -2.35. The summed E-state index contributed by atoms with van der Waals surface area (Å²) in [7, 11) is -1.33. The maximum absolute atomic E-state index is 12.3. The lowest BCUT2D eigenvalue weighted by molar-refractivity contribution is -0.141. The van der Waals surface area contributed by atoms with Crippen molar-refractivity contribution in [2.24, 2.45) is 0 Å². The molecule has 0 aliphatic heterocycles. The quantitative estimate of drug-likeness (QED) is 0.932. The second-order valence-corrected chi connectivity index (χ2v) is 7.06. The summed E-state index contributed by atoms with van der Waals surface area (Å²) in [6.45, 7) is 7.05. The third-order valence-corrected chi connectivity index (χ3v) is 3.94. The molecule has 0 spiro atoms. The first-order valence-corrected chi connectivity index (χ1v) is 6.75. The molecule has 0 aliphatic rings. The molecule has 0 unspecified atom stereocenters. The van der Waals surface area contributed by atoms with E-state index in [1.165, 1.54) is 6.07 Å². The zero-order valence-corrected chi connectivity index (χ0v) is 11.9. The van der Waals surface area contributed by atoms with Gasteiger partial charge >= 0.3 is 6.18 Å². The molecule has 0 fully saturated rings. The molecule has 2 atom stereocenters. The minimum Gasteiger partial charge on any atom is -0.242 e. The van der Waals surface area contributed by atoms with E-state index in [1.807, 2.05) is 0 Å². The van der Waals surface area contributed by atoms with E-state index in [1.54, 1.807) is 27.7 Å². The molecule has 19 heavy (non-hydrogen) atoms. The summed E-state index contributed by atoms with van der Waals surface area (Å²) in [6.07, 6.45) is -4.50. The molecular weight excluding hydrogens is 279 g/mol. The molecule has 0 saturated heterocycles. The van der Waals surface area contributed by atoms with Crippen molar-refractivity contribution in [1.29, 1.82) is 0 Å². The minimum absolute atomic E-state index is 0.311. The first-order chi connectivity index (χ1) is 8.51. The van der Waals surface area contributed by atoms with Gasteiger partial charge in [-0.25, -0.2) is 8.93 Å². The number of alkyl halides is 3. The van der Waals surface area contributed by atoms with Crippen LogP contribution in [-0.2, 0) is 17.2 Å². The Morgan fingerprint density at radius 1 is 1.21 bits per heavy atom. The maximum Gasteiger partial charge on any atom is 0.435 e. The van der Waals surface area contributed by atoms with E-state index in [0.717, 1.165) is 6.07 Å². The predicted octanol–water partition coefficient (Wildman–Crippen LogP) is 2.61. The van der Waals surface area contributed by atoms with E-state index in [0.29, 0.717) is 5.69 Å². The maximum atomic E-state index is 12.3. The van der Waals surface area contributed by atoms with Crippen molar-refractivity contribution >= 4 is 11.0 Å². The lowest BCUT2D eigenvalue weighted by Gasteiger charge is -2.21. The van der Waals surface area contributed by atoms with Crippen molar-refractivity contribution in [2.45, 2.75) is 44.7 Å². The van der Waals surface area contributed by atoms with E-state index in [-0.39, 0.29) is 0 Å². The number of nitrogens with zero attached hydrogens (tertiary/aromatic N) is 2. The fourth-order valence-electron chi connectivity index (χ4n) is 1.12. The third-order valence-electron chi connectivity index (χ3n) is 2.26. The van der Waals surface area contributed by atoms with Gasteiger partial charge in [0.25, 0.3) is 0 Å². The van der Waals surface area contributed by atoms with Crippen molar-refractivity contribution in [1.82, 2.24) is 14.9 Å². The summed E-state index contributed by atoms with van der Waals surface area (Å²) < 4.78 is 51.1. The standard InChI is InChI=1S/C11H16F3N3OS/c1-7(17-19(18)10(2,3)4)8-5-6-9(16-15-8)11(12,13)14/h5-7,17H,1-4H3/t7-,19-/m1/s1.